The molecule has 6 N–H and O–H groups in total. The molecule has 0 bridgehead atoms. The van der Waals surface area contributed by atoms with E-state index in [9.17, 15) is 34.5 Å². The molecular weight excluding hydrogens is 476 g/mol. The molecule has 1 aromatic heterocycles. The maximum absolute atomic E-state index is 12.7. The largest absolute Gasteiger partial charge is 0.508 e. The minimum absolute atomic E-state index is 0.0193. The molecule has 0 saturated heterocycles. The Bertz CT molecular complexity index is 1270. The Morgan fingerprint density at radius 2 is 1.69 bits per heavy atom. The molecule has 3 amide bonds. The fourth-order valence-corrected chi connectivity index (χ4v) is 3.93. The van der Waals surface area contributed by atoms with Gasteiger partial charge in [0.15, 0.2) is 5.13 Å². The van der Waals surface area contributed by atoms with Crippen LogP contribution in [-0.4, -0.2) is 56.6 Å². The first-order chi connectivity index (χ1) is 16.6. The number of phenols is 2. The van der Waals surface area contributed by atoms with E-state index in [1.807, 2.05) is 0 Å². The van der Waals surface area contributed by atoms with Crippen molar-refractivity contribution in [2.24, 2.45) is 0 Å². The number of aromatic nitrogens is 1. The van der Waals surface area contributed by atoms with Gasteiger partial charge in [-0.3, -0.25) is 14.4 Å². The molecule has 182 valence electrons. The van der Waals surface area contributed by atoms with Crippen LogP contribution in [0.25, 0.3) is 0 Å². The molecule has 3 aromatic rings. The van der Waals surface area contributed by atoms with Gasteiger partial charge in [0.25, 0.3) is 11.8 Å². The number of benzene rings is 2. The summed E-state index contributed by atoms with van der Waals surface area (Å²) < 4.78 is 0. The van der Waals surface area contributed by atoms with Gasteiger partial charge in [0.1, 0.15) is 22.4 Å². The average molecular weight is 499 g/mol. The lowest BCUT2D eigenvalue weighted by Gasteiger charge is -2.15. The van der Waals surface area contributed by atoms with Gasteiger partial charge in [-0.25, -0.2) is 9.78 Å². The minimum atomic E-state index is -1.44. The van der Waals surface area contributed by atoms with Crippen LogP contribution in [0.5, 0.6) is 11.5 Å². The van der Waals surface area contributed by atoms with Gasteiger partial charge in [0.2, 0.25) is 5.91 Å². The van der Waals surface area contributed by atoms with Gasteiger partial charge < -0.3 is 31.3 Å². The zero-order valence-electron chi connectivity index (χ0n) is 18.4. The van der Waals surface area contributed by atoms with Crippen molar-refractivity contribution in [3.8, 4) is 11.5 Å². The van der Waals surface area contributed by atoms with Crippen molar-refractivity contribution >= 4 is 40.2 Å². The lowest BCUT2D eigenvalue weighted by molar-refractivity contribution is -0.139. The zero-order chi connectivity index (χ0) is 25.5. The van der Waals surface area contributed by atoms with Crippen LogP contribution >= 0.6 is 11.3 Å². The third kappa shape index (κ3) is 7.01. The number of aromatic hydroxyl groups is 2. The summed E-state index contributed by atoms with van der Waals surface area (Å²) in [6, 6.07) is 10.3. The first-order valence-corrected chi connectivity index (χ1v) is 11.1. The molecule has 35 heavy (non-hydrogen) atoms. The number of carboxylic acids is 1. The highest BCUT2D eigenvalue weighted by molar-refractivity contribution is 7.17. The van der Waals surface area contributed by atoms with E-state index in [1.54, 1.807) is 12.1 Å². The van der Waals surface area contributed by atoms with Crippen molar-refractivity contribution in [3.05, 3.63) is 70.2 Å². The number of hydrogen-bond acceptors (Lipinski definition) is 8. The van der Waals surface area contributed by atoms with Crippen LogP contribution in [0.2, 0.25) is 0 Å². The lowest BCUT2D eigenvalue weighted by Crippen LogP contribution is -2.48. The van der Waals surface area contributed by atoms with Crippen LogP contribution in [0.3, 0.4) is 0 Å². The fourth-order valence-electron chi connectivity index (χ4n) is 3.04. The molecular formula is C23H22N4O7S. The third-order valence-electron chi connectivity index (χ3n) is 4.70. The van der Waals surface area contributed by atoms with Gasteiger partial charge in [-0.05, 0) is 42.8 Å². The van der Waals surface area contributed by atoms with Crippen LogP contribution in [0.15, 0.2) is 48.5 Å². The summed E-state index contributed by atoms with van der Waals surface area (Å²) in [5.74, 6) is -3.21. The maximum atomic E-state index is 12.7. The Morgan fingerprint density at radius 3 is 2.34 bits per heavy atom. The molecule has 0 fully saturated rings. The predicted octanol–water partition coefficient (Wildman–Crippen LogP) is 1.66. The number of phenolic OH excluding ortho intramolecular Hbond substituents is 2. The highest BCUT2D eigenvalue weighted by Gasteiger charge is 2.24. The van der Waals surface area contributed by atoms with Crippen molar-refractivity contribution in [2.45, 2.75) is 19.4 Å². The van der Waals surface area contributed by atoms with Gasteiger partial charge in [-0.15, -0.1) is 0 Å². The van der Waals surface area contributed by atoms with Crippen molar-refractivity contribution in [1.29, 1.82) is 0 Å². The van der Waals surface area contributed by atoms with Crippen LogP contribution in [0, 0.1) is 6.92 Å². The molecule has 3 rings (SSSR count). The minimum Gasteiger partial charge on any atom is -0.508 e. The predicted molar refractivity (Wildman–Crippen MR) is 127 cm³/mol. The monoisotopic (exact) mass is 498 g/mol. The van der Waals surface area contributed by atoms with E-state index in [2.05, 4.69) is 20.9 Å². The number of aliphatic carboxylic acids is 1. The van der Waals surface area contributed by atoms with Crippen molar-refractivity contribution in [1.82, 2.24) is 15.6 Å². The fraction of sp³-hybridized carbons (Fsp3) is 0.174. The first kappa shape index (κ1) is 25.2. The normalized spacial score (nSPS) is 11.3. The Kier molecular flexibility index (Phi) is 8.00. The third-order valence-corrected chi connectivity index (χ3v) is 5.77. The van der Waals surface area contributed by atoms with Gasteiger partial charge in [0.05, 0.1) is 12.1 Å². The van der Waals surface area contributed by atoms with Gasteiger partial charge in [0, 0.05) is 12.1 Å². The Hall–Kier alpha value is -4.45. The number of anilines is 1. The number of carbonyl (C=O) groups is 4. The number of thiazole rings is 1. The van der Waals surface area contributed by atoms with Crippen molar-refractivity contribution in [2.75, 3.05) is 11.9 Å². The summed E-state index contributed by atoms with van der Waals surface area (Å²) in [5, 5.41) is 35.9. The van der Waals surface area contributed by atoms with Crippen molar-refractivity contribution in [3.63, 3.8) is 0 Å². The number of carboxylic acid groups (broad SMARTS) is 1. The lowest BCUT2D eigenvalue weighted by atomic mass is 10.1. The van der Waals surface area contributed by atoms with Crippen LogP contribution in [-0.2, 0) is 16.0 Å². The summed E-state index contributed by atoms with van der Waals surface area (Å²) in [6.07, 6.45) is -0.0193. The van der Waals surface area contributed by atoms with E-state index in [0.717, 1.165) is 11.3 Å². The second-order valence-electron chi connectivity index (χ2n) is 7.45. The molecule has 0 saturated carbocycles. The second kappa shape index (κ2) is 11.1. The van der Waals surface area contributed by atoms with Crippen LogP contribution < -0.4 is 16.0 Å². The number of nitrogens with zero attached hydrogens (tertiary/aromatic N) is 1. The molecule has 0 aliphatic heterocycles. The molecule has 1 heterocycles. The van der Waals surface area contributed by atoms with E-state index in [1.165, 1.54) is 43.3 Å². The van der Waals surface area contributed by atoms with Crippen LogP contribution in [0.4, 0.5) is 5.13 Å². The zero-order valence-corrected chi connectivity index (χ0v) is 19.3. The number of carbonyl (C=O) groups excluding carboxylic acids is 3. The first-order valence-electron chi connectivity index (χ1n) is 10.3. The van der Waals surface area contributed by atoms with Gasteiger partial charge in [-0.1, -0.05) is 29.5 Å². The van der Waals surface area contributed by atoms with Crippen LogP contribution in [0.1, 0.15) is 31.3 Å². The Morgan fingerprint density at radius 1 is 1.00 bits per heavy atom. The molecule has 1 atom stereocenters. The number of aryl methyl sites for hydroxylation is 1. The number of amides is 3. The van der Waals surface area contributed by atoms with E-state index >= 15 is 0 Å². The molecule has 0 radical (unpaired) electrons. The van der Waals surface area contributed by atoms with Gasteiger partial charge >= 0.3 is 5.97 Å². The number of hydrogen-bond donors (Lipinski definition) is 6. The van der Waals surface area contributed by atoms with Gasteiger partial charge in [-0.2, -0.15) is 0 Å². The molecule has 0 aliphatic rings. The molecule has 1 unspecified atom stereocenters. The standard InChI is InChI=1S/C23H22N4O7S/c1-12-19(35-23(25-12)27-18(30)9-13-4-2-6-15(28)8-13)21(32)26-17(22(33)34)11-24-20(31)14-5-3-7-16(29)10-14/h2-8,10,17,28-29H,9,11H2,1H3,(H,24,31)(H,26,32)(H,33,34)(H,25,27,30). The quantitative estimate of drug-likeness (QED) is 0.258. The molecule has 2 aromatic carbocycles. The van der Waals surface area contributed by atoms with Crippen molar-refractivity contribution < 1.29 is 34.5 Å². The number of nitrogens with one attached hydrogen (secondary N) is 3. The Labute approximate surface area is 203 Å². The summed E-state index contributed by atoms with van der Waals surface area (Å²) in [7, 11) is 0. The van der Waals surface area contributed by atoms with E-state index < -0.39 is 36.3 Å². The Balaban J connectivity index is 1.60. The molecule has 11 nitrogen and oxygen atoms in total. The maximum Gasteiger partial charge on any atom is 0.328 e. The molecule has 0 spiro atoms. The topological polar surface area (TPSA) is 178 Å². The smallest absolute Gasteiger partial charge is 0.328 e. The SMILES string of the molecule is Cc1nc(NC(=O)Cc2cccc(O)c2)sc1C(=O)NC(CNC(=O)c1cccc(O)c1)C(=O)O. The summed E-state index contributed by atoms with van der Waals surface area (Å²) in [5.41, 5.74) is 1.00. The highest BCUT2D eigenvalue weighted by Crippen LogP contribution is 2.23. The summed E-state index contributed by atoms with van der Waals surface area (Å²) >= 11 is 0.874. The highest BCUT2D eigenvalue weighted by atomic mass is 32.1. The van der Waals surface area contributed by atoms with E-state index in [0.29, 0.717) is 5.56 Å². The average Bonchev–Trinajstić information content (AvgIpc) is 3.15. The number of rotatable bonds is 9. The second-order valence-corrected chi connectivity index (χ2v) is 8.45. The molecule has 12 heteroatoms. The van der Waals surface area contributed by atoms with E-state index in [-0.39, 0.29) is 39.2 Å². The molecule has 0 aliphatic carbocycles. The summed E-state index contributed by atoms with van der Waals surface area (Å²) in [4.78, 5) is 53.0. The summed E-state index contributed by atoms with van der Waals surface area (Å²) in [6.45, 7) is 1.14. The van der Waals surface area contributed by atoms with E-state index in [4.69, 9.17) is 0 Å².